The fourth-order valence-corrected chi connectivity index (χ4v) is 4.37. The van der Waals surface area contributed by atoms with Gasteiger partial charge in [0.1, 0.15) is 0 Å². The Hall–Kier alpha value is 0.137. The molecule has 0 aromatic heterocycles. The van der Waals surface area contributed by atoms with E-state index in [1.165, 1.54) is 45.2 Å². The standard InChI is InChI=1S/C16H33NOSi/c1-16(2,3)19(4,5)18-13-14-9-8-12-17-11-7-6-10-15(14)17/h14-15H,6-13H2,1-5H3/t14-,15?/m1/s1. The van der Waals surface area contributed by atoms with Gasteiger partial charge in [0, 0.05) is 12.6 Å². The fraction of sp³-hybridized carbons (Fsp3) is 1.00. The van der Waals surface area contributed by atoms with Crippen molar-refractivity contribution < 1.29 is 4.43 Å². The third kappa shape index (κ3) is 3.62. The van der Waals surface area contributed by atoms with Crippen LogP contribution in [0, 0.1) is 5.92 Å². The number of piperidine rings is 2. The molecule has 19 heavy (non-hydrogen) atoms. The Morgan fingerprint density at radius 2 is 1.74 bits per heavy atom. The van der Waals surface area contributed by atoms with Crippen LogP contribution in [0.1, 0.15) is 52.9 Å². The SMILES string of the molecule is CC(C)(C)[Si](C)(C)OC[C@H]1CCCN2CCCCC12. The van der Waals surface area contributed by atoms with E-state index in [0.29, 0.717) is 5.04 Å². The van der Waals surface area contributed by atoms with Crippen LogP contribution in [-0.4, -0.2) is 39.0 Å². The topological polar surface area (TPSA) is 12.5 Å². The second-order valence-electron chi connectivity index (χ2n) is 8.07. The minimum absolute atomic E-state index is 0.341. The lowest BCUT2D eigenvalue weighted by Gasteiger charge is -2.46. The second-order valence-corrected chi connectivity index (χ2v) is 12.9. The second kappa shape index (κ2) is 5.86. The van der Waals surface area contributed by atoms with E-state index in [2.05, 4.69) is 38.8 Å². The van der Waals surface area contributed by atoms with Gasteiger partial charge in [-0.1, -0.05) is 27.2 Å². The number of fused-ring (bicyclic) bond motifs is 1. The van der Waals surface area contributed by atoms with Gasteiger partial charge < -0.3 is 9.33 Å². The molecule has 1 unspecified atom stereocenters. The van der Waals surface area contributed by atoms with Crippen LogP contribution in [0.15, 0.2) is 0 Å². The van der Waals surface area contributed by atoms with Crippen LogP contribution in [0.4, 0.5) is 0 Å². The van der Waals surface area contributed by atoms with Crippen LogP contribution in [0.2, 0.25) is 18.1 Å². The molecule has 2 heterocycles. The molecular formula is C16H33NOSi. The Morgan fingerprint density at radius 1 is 1.05 bits per heavy atom. The van der Waals surface area contributed by atoms with Crippen LogP contribution in [0.3, 0.4) is 0 Å². The molecule has 2 aliphatic rings. The van der Waals surface area contributed by atoms with Crippen molar-refractivity contribution in [2.75, 3.05) is 19.7 Å². The van der Waals surface area contributed by atoms with Crippen molar-refractivity contribution in [3.63, 3.8) is 0 Å². The van der Waals surface area contributed by atoms with Crippen molar-refractivity contribution >= 4 is 8.32 Å². The largest absolute Gasteiger partial charge is 0.416 e. The van der Waals surface area contributed by atoms with E-state index in [4.69, 9.17) is 4.43 Å². The summed E-state index contributed by atoms with van der Waals surface area (Å²) in [6.45, 7) is 15.5. The molecule has 2 rings (SSSR count). The summed E-state index contributed by atoms with van der Waals surface area (Å²) in [5, 5.41) is 0.341. The van der Waals surface area contributed by atoms with Gasteiger partial charge in [0.05, 0.1) is 0 Å². The Morgan fingerprint density at radius 3 is 2.42 bits per heavy atom. The van der Waals surface area contributed by atoms with Crippen molar-refractivity contribution in [3.8, 4) is 0 Å². The molecule has 0 aliphatic carbocycles. The van der Waals surface area contributed by atoms with Crippen LogP contribution in [-0.2, 0) is 4.43 Å². The first-order valence-electron chi connectivity index (χ1n) is 8.19. The van der Waals surface area contributed by atoms with E-state index < -0.39 is 8.32 Å². The maximum atomic E-state index is 6.49. The Labute approximate surface area is 121 Å². The lowest BCUT2D eigenvalue weighted by molar-refractivity contribution is 0.0337. The zero-order valence-electron chi connectivity index (χ0n) is 13.7. The summed E-state index contributed by atoms with van der Waals surface area (Å²) in [5.74, 6) is 0.795. The molecule has 0 amide bonds. The highest BCUT2D eigenvalue weighted by Gasteiger charge is 2.39. The van der Waals surface area contributed by atoms with Crippen LogP contribution in [0.5, 0.6) is 0 Å². The van der Waals surface area contributed by atoms with Gasteiger partial charge in [0.2, 0.25) is 0 Å². The highest BCUT2D eigenvalue weighted by atomic mass is 28.4. The maximum absolute atomic E-state index is 6.49. The predicted octanol–water partition coefficient (Wildman–Crippen LogP) is 4.27. The molecule has 2 fully saturated rings. The van der Waals surface area contributed by atoms with Gasteiger partial charge in [-0.25, -0.2) is 0 Å². The lowest BCUT2D eigenvalue weighted by atomic mass is 9.84. The smallest absolute Gasteiger partial charge is 0.191 e. The third-order valence-electron chi connectivity index (χ3n) is 5.69. The van der Waals surface area contributed by atoms with Crippen LogP contribution >= 0.6 is 0 Å². The molecule has 3 heteroatoms. The lowest BCUT2D eigenvalue weighted by Crippen LogP contribution is -2.51. The molecule has 2 saturated heterocycles. The first-order chi connectivity index (χ1) is 8.81. The predicted molar refractivity (Wildman–Crippen MR) is 85.1 cm³/mol. The first-order valence-corrected chi connectivity index (χ1v) is 11.1. The van der Waals surface area contributed by atoms with Gasteiger partial charge in [0.15, 0.2) is 8.32 Å². The molecule has 112 valence electrons. The summed E-state index contributed by atoms with van der Waals surface area (Å²) in [5.41, 5.74) is 0. The van der Waals surface area contributed by atoms with Crippen molar-refractivity contribution in [3.05, 3.63) is 0 Å². The molecule has 0 bridgehead atoms. The molecule has 0 N–H and O–H groups in total. The molecule has 0 aromatic rings. The van der Waals surface area contributed by atoms with E-state index in [1.54, 1.807) is 0 Å². The van der Waals surface area contributed by atoms with Crippen LogP contribution < -0.4 is 0 Å². The molecule has 0 radical (unpaired) electrons. The highest BCUT2D eigenvalue weighted by molar-refractivity contribution is 6.74. The average Bonchev–Trinajstić information content (AvgIpc) is 2.35. The van der Waals surface area contributed by atoms with Crippen molar-refractivity contribution in [2.24, 2.45) is 5.92 Å². The summed E-state index contributed by atoms with van der Waals surface area (Å²) in [6, 6.07) is 0.826. The molecule has 2 aliphatic heterocycles. The minimum Gasteiger partial charge on any atom is -0.416 e. The Kier molecular flexibility index (Phi) is 4.79. The van der Waals surface area contributed by atoms with E-state index in [0.717, 1.165) is 18.6 Å². The molecule has 2 atom stereocenters. The van der Waals surface area contributed by atoms with Gasteiger partial charge in [-0.3, -0.25) is 0 Å². The molecule has 2 nitrogen and oxygen atoms in total. The number of rotatable bonds is 3. The molecule has 0 aromatic carbocycles. The molecule has 0 spiro atoms. The number of hydrogen-bond donors (Lipinski definition) is 0. The van der Waals surface area contributed by atoms with Crippen molar-refractivity contribution in [2.45, 2.75) is 77.0 Å². The minimum atomic E-state index is -1.56. The van der Waals surface area contributed by atoms with Crippen molar-refractivity contribution in [1.82, 2.24) is 4.90 Å². The van der Waals surface area contributed by atoms with Crippen molar-refractivity contribution in [1.29, 1.82) is 0 Å². The summed E-state index contributed by atoms with van der Waals surface area (Å²) in [6.07, 6.45) is 7.01. The summed E-state index contributed by atoms with van der Waals surface area (Å²) < 4.78 is 6.49. The summed E-state index contributed by atoms with van der Waals surface area (Å²) >= 11 is 0. The highest BCUT2D eigenvalue weighted by Crippen LogP contribution is 2.38. The zero-order valence-corrected chi connectivity index (χ0v) is 14.7. The van der Waals surface area contributed by atoms with Gasteiger partial charge in [-0.15, -0.1) is 0 Å². The van der Waals surface area contributed by atoms with E-state index in [9.17, 15) is 0 Å². The Bertz CT molecular complexity index is 296. The monoisotopic (exact) mass is 283 g/mol. The molecular weight excluding hydrogens is 250 g/mol. The van der Waals surface area contributed by atoms with Gasteiger partial charge in [-0.05, 0) is 62.8 Å². The zero-order chi connectivity index (χ0) is 14.1. The molecule has 0 saturated carbocycles. The number of hydrogen-bond acceptors (Lipinski definition) is 2. The summed E-state index contributed by atoms with van der Waals surface area (Å²) in [7, 11) is -1.56. The Balaban J connectivity index is 1.91. The van der Waals surface area contributed by atoms with Gasteiger partial charge >= 0.3 is 0 Å². The average molecular weight is 284 g/mol. The third-order valence-corrected chi connectivity index (χ3v) is 10.2. The van der Waals surface area contributed by atoms with E-state index in [1.807, 2.05) is 0 Å². The van der Waals surface area contributed by atoms with Gasteiger partial charge in [-0.2, -0.15) is 0 Å². The quantitative estimate of drug-likeness (QED) is 0.717. The normalized spacial score (nSPS) is 30.2. The van der Waals surface area contributed by atoms with E-state index >= 15 is 0 Å². The fourth-order valence-electron chi connectivity index (χ4n) is 3.30. The van der Waals surface area contributed by atoms with Gasteiger partial charge in [0.25, 0.3) is 0 Å². The number of nitrogens with zero attached hydrogens (tertiary/aromatic N) is 1. The maximum Gasteiger partial charge on any atom is 0.191 e. The first kappa shape index (κ1) is 15.5. The van der Waals surface area contributed by atoms with E-state index in [-0.39, 0.29) is 0 Å². The van der Waals surface area contributed by atoms with Crippen LogP contribution in [0.25, 0.3) is 0 Å². The summed E-state index contributed by atoms with van der Waals surface area (Å²) in [4.78, 5) is 2.74.